The molecule has 0 aliphatic heterocycles. The lowest BCUT2D eigenvalue weighted by molar-refractivity contribution is 0.624. The van der Waals surface area contributed by atoms with Gasteiger partial charge in [0.2, 0.25) is 0 Å². The monoisotopic (exact) mass is 207 g/mol. The average Bonchev–Trinajstić information content (AvgIpc) is 1.80. The summed E-state index contributed by atoms with van der Waals surface area (Å²) in [5, 5.41) is 0.469. The normalized spacial score (nSPS) is 9.67. The van der Waals surface area contributed by atoms with Gasteiger partial charge in [0.05, 0.1) is 5.02 Å². The second kappa shape index (κ2) is 2.67. The van der Waals surface area contributed by atoms with Crippen molar-refractivity contribution in [2.75, 3.05) is 0 Å². The number of halogens is 3. The van der Waals surface area contributed by atoms with Crippen LogP contribution in [0.1, 0.15) is 0 Å². The van der Waals surface area contributed by atoms with E-state index in [1.807, 2.05) is 0 Å². The fourth-order valence-corrected chi connectivity index (χ4v) is 0.858. The van der Waals surface area contributed by atoms with E-state index in [-0.39, 0.29) is 0 Å². The predicted molar refractivity (Wildman–Crippen MR) is 37.9 cm³/mol. The van der Waals surface area contributed by atoms with Gasteiger partial charge in [-0.25, -0.2) is 4.39 Å². The molecule has 3 heteroatoms. The van der Waals surface area contributed by atoms with Crippen LogP contribution in [0.25, 0.3) is 0 Å². The molecule has 0 saturated heterocycles. The maximum absolute atomic E-state index is 12.2. The Morgan fingerprint density at radius 1 is 1.56 bits per heavy atom. The molecule has 9 heavy (non-hydrogen) atoms. The van der Waals surface area contributed by atoms with E-state index in [9.17, 15) is 4.39 Å². The van der Waals surface area contributed by atoms with Crippen LogP contribution < -0.4 is 0 Å². The van der Waals surface area contributed by atoms with Crippen LogP contribution in [0.15, 0.2) is 16.6 Å². The molecular formula is C6H2BrClF. The molecule has 0 N–H and O–H groups in total. The first kappa shape index (κ1) is 7.03. The molecule has 0 aliphatic rings. The first-order valence-corrected chi connectivity index (χ1v) is 3.40. The summed E-state index contributed by atoms with van der Waals surface area (Å²) in [5.41, 5.74) is 0. The SMILES string of the molecule is Fc1[c]c(Br)c(Cl)cc1. The van der Waals surface area contributed by atoms with Crippen LogP contribution >= 0.6 is 27.5 Å². The molecule has 0 aliphatic carbocycles. The van der Waals surface area contributed by atoms with E-state index in [1.165, 1.54) is 12.1 Å². The van der Waals surface area contributed by atoms with Gasteiger partial charge in [0, 0.05) is 10.5 Å². The fourth-order valence-electron chi connectivity index (χ4n) is 0.426. The highest BCUT2D eigenvalue weighted by Gasteiger charge is 1.96. The number of hydrogen-bond donors (Lipinski definition) is 0. The molecule has 1 radical (unpaired) electrons. The molecule has 0 aromatic heterocycles. The summed E-state index contributed by atoms with van der Waals surface area (Å²) in [7, 11) is 0. The Morgan fingerprint density at radius 2 is 2.22 bits per heavy atom. The molecule has 0 amide bonds. The molecule has 1 aromatic rings. The Morgan fingerprint density at radius 3 is 2.67 bits per heavy atom. The van der Waals surface area contributed by atoms with Crippen LogP contribution in [0, 0.1) is 11.9 Å². The second-order valence-corrected chi connectivity index (χ2v) is 2.67. The van der Waals surface area contributed by atoms with Gasteiger partial charge in [-0.15, -0.1) is 0 Å². The van der Waals surface area contributed by atoms with Gasteiger partial charge in [0.1, 0.15) is 5.82 Å². The van der Waals surface area contributed by atoms with E-state index in [0.717, 1.165) is 0 Å². The zero-order valence-corrected chi connectivity index (χ0v) is 6.63. The summed E-state index contributed by atoms with van der Waals surface area (Å²) in [4.78, 5) is 0. The van der Waals surface area contributed by atoms with E-state index >= 15 is 0 Å². The van der Waals surface area contributed by atoms with Crippen molar-refractivity contribution in [1.29, 1.82) is 0 Å². The van der Waals surface area contributed by atoms with Gasteiger partial charge in [0.25, 0.3) is 0 Å². The van der Waals surface area contributed by atoms with Crippen LogP contribution in [0.5, 0.6) is 0 Å². The summed E-state index contributed by atoms with van der Waals surface area (Å²) in [6.45, 7) is 0. The minimum Gasteiger partial charge on any atom is -0.206 e. The van der Waals surface area contributed by atoms with Crippen LogP contribution in [0.2, 0.25) is 5.02 Å². The molecule has 1 rings (SSSR count). The molecule has 0 heterocycles. The lowest BCUT2D eigenvalue weighted by Crippen LogP contribution is -1.73. The van der Waals surface area contributed by atoms with Crippen LogP contribution in [-0.4, -0.2) is 0 Å². The highest BCUT2D eigenvalue weighted by molar-refractivity contribution is 9.10. The molecule has 0 nitrogen and oxygen atoms in total. The molecule has 0 spiro atoms. The molecule has 0 bridgehead atoms. The summed E-state index contributed by atoms with van der Waals surface area (Å²) >= 11 is 8.55. The third kappa shape index (κ3) is 1.66. The van der Waals surface area contributed by atoms with Gasteiger partial charge in [-0.05, 0) is 28.1 Å². The van der Waals surface area contributed by atoms with Crippen molar-refractivity contribution in [2.45, 2.75) is 0 Å². The zero-order valence-electron chi connectivity index (χ0n) is 4.29. The topological polar surface area (TPSA) is 0 Å². The largest absolute Gasteiger partial charge is 0.206 e. The quantitative estimate of drug-likeness (QED) is 0.575. The lowest BCUT2D eigenvalue weighted by atomic mass is 10.3. The molecule has 47 valence electrons. The first-order chi connectivity index (χ1) is 4.20. The van der Waals surface area contributed by atoms with Crippen LogP contribution in [0.4, 0.5) is 4.39 Å². The highest BCUT2D eigenvalue weighted by Crippen LogP contribution is 2.21. The van der Waals surface area contributed by atoms with Gasteiger partial charge in [-0.2, -0.15) is 0 Å². The van der Waals surface area contributed by atoms with Gasteiger partial charge >= 0.3 is 0 Å². The summed E-state index contributed by atoms with van der Waals surface area (Å²) < 4.78 is 12.7. The first-order valence-electron chi connectivity index (χ1n) is 2.23. The fraction of sp³-hybridized carbons (Fsp3) is 0. The van der Waals surface area contributed by atoms with E-state index in [2.05, 4.69) is 22.0 Å². The molecule has 0 atom stereocenters. The smallest absolute Gasteiger partial charge is 0.132 e. The van der Waals surface area contributed by atoms with Crippen molar-refractivity contribution in [1.82, 2.24) is 0 Å². The Bertz CT molecular complexity index is 224. The molecular weight excluding hydrogens is 206 g/mol. The Kier molecular flexibility index (Phi) is 2.09. The Hall–Kier alpha value is -0.0800. The van der Waals surface area contributed by atoms with Gasteiger partial charge in [-0.1, -0.05) is 11.6 Å². The van der Waals surface area contributed by atoms with Crippen molar-refractivity contribution in [3.05, 3.63) is 33.5 Å². The number of benzene rings is 1. The van der Waals surface area contributed by atoms with Crippen molar-refractivity contribution in [3.8, 4) is 0 Å². The van der Waals surface area contributed by atoms with Crippen LogP contribution in [-0.2, 0) is 0 Å². The standard InChI is InChI=1S/C6H2BrClF/c7-5-3-4(9)1-2-6(5)8/h1-2H. The lowest BCUT2D eigenvalue weighted by Gasteiger charge is -1.91. The van der Waals surface area contributed by atoms with Gasteiger partial charge < -0.3 is 0 Å². The molecule has 0 saturated carbocycles. The van der Waals surface area contributed by atoms with Crippen molar-refractivity contribution >= 4 is 27.5 Å². The molecule has 0 fully saturated rings. The van der Waals surface area contributed by atoms with Crippen LogP contribution in [0.3, 0.4) is 0 Å². The summed E-state index contributed by atoms with van der Waals surface area (Å²) in [6.07, 6.45) is 0. The van der Waals surface area contributed by atoms with Crippen molar-refractivity contribution in [2.24, 2.45) is 0 Å². The predicted octanol–water partition coefficient (Wildman–Crippen LogP) is 3.04. The Labute approximate surface area is 65.8 Å². The summed E-state index contributed by atoms with van der Waals surface area (Å²) in [5.74, 6) is -0.411. The minimum atomic E-state index is -0.411. The van der Waals surface area contributed by atoms with Gasteiger partial charge in [-0.3, -0.25) is 0 Å². The Balaban J connectivity index is 3.17. The van der Waals surface area contributed by atoms with Crippen molar-refractivity contribution < 1.29 is 4.39 Å². The second-order valence-electron chi connectivity index (χ2n) is 1.47. The number of hydrogen-bond acceptors (Lipinski definition) is 0. The van der Waals surface area contributed by atoms with E-state index in [4.69, 9.17) is 11.6 Å². The molecule has 1 aromatic carbocycles. The highest BCUT2D eigenvalue weighted by atomic mass is 79.9. The maximum Gasteiger partial charge on any atom is 0.132 e. The van der Waals surface area contributed by atoms with E-state index < -0.39 is 5.82 Å². The average molecular weight is 208 g/mol. The van der Waals surface area contributed by atoms with Gasteiger partial charge in [0.15, 0.2) is 0 Å². The number of rotatable bonds is 0. The van der Waals surface area contributed by atoms with Crippen molar-refractivity contribution in [3.63, 3.8) is 0 Å². The maximum atomic E-state index is 12.2. The third-order valence-corrected chi connectivity index (χ3v) is 1.98. The van der Waals surface area contributed by atoms with E-state index in [0.29, 0.717) is 9.50 Å². The minimum absolute atomic E-state index is 0.411. The summed E-state index contributed by atoms with van der Waals surface area (Å²) in [6, 6.07) is 5.08. The molecule has 0 unspecified atom stereocenters. The third-order valence-electron chi connectivity index (χ3n) is 0.815. The van der Waals surface area contributed by atoms with E-state index in [1.54, 1.807) is 0 Å². The zero-order chi connectivity index (χ0) is 6.85.